The molecule has 0 radical (unpaired) electrons. The molecule has 1 aromatic heterocycles. The van der Waals surface area contributed by atoms with Crippen molar-refractivity contribution in [3.8, 4) is 17.0 Å². The number of aromatic amines is 1. The third-order valence-corrected chi connectivity index (χ3v) is 5.46. The van der Waals surface area contributed by atoms with Crippen LogP contribution in [0.15, 0.2) is 54.7 Å². The van der Waals surface area contributed by atoms with Crippen molar-refractivity contribution in [2.75, 3.05) is 18.4 Å². The first kappa shape index (κ1) is 22.1. The van der Waals surface area contributed by atoms with Crippen LogP contribution in [0.4, 0.5) is 5.95 Å². The molecule has 0 bridgehead atoms. The lowest BCUT2D eigenvalue weighted by Gasteiger charge is -2.24. The quantitative estimate of drug-likeness (QED) is 0.516. The first-order valence-corrected chi connectivity index (χ1v) is 10.8. The van der Waals surface area contributed by atoms with E-state index in [0.717, 1.165) is 42.3 Å². The highest BCUT2D eigenvalue weighted by molar-refractivity contribution is 6.32. The number of hydrogen-bond acceptors (Lipinski definition) is 4. The van der Waals surface area contributed by atoms with Crippen LogP contribution in [0.5, 0.6) is 5.75 Å². The van der Waals surface area contributed by atoms with Crippen molar-refractivity contribution in [2.45, 2.75) is 39.8 Å². The lowest BCUT2D eigenvalue weighted by atomic mass is 10.1. The highest BCUT2D eigenvalue weighted by atomic mass is 35.5. The fourth-order valence-corrected chi connectivity index (χ4v) is 3.60. The Morgan fingerprint density at radius 2 is 1.97 bits per heavy atom. The van der Waals surface area contributed by atoms with Crippen molar-refractivity contribution in [3.63, 3.8) is 0 Å². The zero-order chi connectivity index (χ0) is 21.5. The Kier molecular flexibility index (Phi) is 7.66. The molecule has 30 heavy (non-hydrogen) atoms. The Balaban J connectivity index is 1.66. The molecule has 5 nitrogen and oxygen atoms in total. The van der Waals surface area contributed by atoms with E-state index in [9.17, 15) is 5.11 Å². The van der Waals surface area contributed by atoms with Crippen molar-refractivity contribution in [3.05, 3.63) is 70.9 Å². The van der Waals surface area contributed by atoms with E-state index >= 15 is 0 Å². The molecule has 0 fully saturated rings. The fourth-order valence-electron chi connectivity index (χ4n) is 3.40. The summed E-state index contributed by atoms with van der Waals surface area (Å²) >= 11 is 5.98. The Hall–Kier alpha value is -2.63. The first-order valence-electron chi connectivity index (χ1n) is 10.4. The van der Waals surface area contributed by atoms with E-state index in [2.05, 4.69) is 60.2 Å². The smallest absolute Gasteiger partial charge is 0.389 e. The molecule has 0 spiro atoms. The number of hydrogen-bond donors (Lipinski definition) is 2. The van der Waals surface area contributed by atoms with Crippen LogP contribution in [-0.4, -0.2) is 34.1 Å². The van der Waals surface area contributed by atoms with Gasteiger partial charge in [0.2, 0.25) is 0 Å². The van der Waals surface area contributed by atoms with Gasteiger partial charge >= 0.3 is 5.95 Å². The number of nitrogens with zero attached hydrogens (tertiary/aromatic N) is 2. The molecule has 3 rings (SSSR count). The monoisotopic (exact) mass is 425 g/mol. The van der Waals surface area contributed by atoms with Gasteiger partial charge in [-0.25, -0.2) is 4.98 Å². The van der Waals surface area contributed by atoms with Gasteiger partial charge in [0.25, 0.3) is 0 Å². The third-order valence-electron chi connectivity index (χ3n) is 5.16. The minimum Gasteiger partial charge on any atom is -0.506 e. The molecule has 0 saturated heterocycles. The van der Waals surface area contributed by atoms with Crippen molar-refractivity contribution >= 4 is 17.5 Å². The van der Waals surface area contributed by atoms with E-state index in [0.29, 0.717) is 17.6 Å². The highest BCUT2D eigenvalue weighted by Crippen LogP contribution is 2.24. The molecule has 0 unspecified atom stereocenters. The number of H-pyrrole nitrogens is 1. The maximum atomic E-state index is 9.53. The summed E-state index contributed by atoms with van der Waals surface area (Å²) < 4.78 is 0. The maximum absolute atomic E-state index is 9.53. The van der Waals surface area contributed by atoms with Gasteiger partial charge in [0.05, 0.1) is 17.8 Å². The van der Waals surface area contributed by atoms with Crippen molar-refractivity contribution in [2.24, 2.45) is 0 Å². The molecule has 0 amide bonds. The van der Waals surface area contributed by atoms with Crippen LogP contribution in [0.25, 0.3) is 11.3 Å². The fraction of sp³-hybridized carbons (Fsp3) is 0.333. The van der Waals surface area contributed by atoms with E-state index in [1.54, 1.807) is 12.1 Å². The van der Waals surface area contributed by atoms with Crippen molar-refractivity contribution in [1.82, 2.24) is 9.88 Å². The first-order chi connectivity index (χ1) is 14.5. The van der Waals surface area contributed by atoms with Crippen LogP contribution >= 0.6 is 11.6 Å². The number of aromatic hydroxyl groups is 1. The van der Waals surface area contributed by atoms with E-state index in [-0.39, 0.29) is 5.75 Å². The Morgan fingerprint density at radius 1 is 1.13 bits per heavy atom. The summed E-state index contributed by atoms with van der Waals surface area (Å²) in [5, 5.41) is 13.2. The summed E-state index contributed by atoms with van der Waals surface area (Å²) in [6, 6.07) is 16.4. The second-order valence-corrected chi connectivity index (χ2v) is 8.05. The minimum atomic E-state index is 0.105. The molecule has 6 heteroatoms. The summed E-state index contributed by atoms with van der Waals surface area (Å²) in [6.07, 6.45) is 2.68. The molecule has 0 atom stereocenters. The van der Waals surface area contributed by atoms with E-state index in [4.69, 9.17) is 16.6 Å². The van der Waals surface area contributed by atoms with Gasteiger partial charge in [0, 0.05) is 30.6 Å². The number of phenolic OH excluding ortho intramolecular Hbond substituents is 1. The van der Waals surface area contributed by atoms with E-state index in [1.807, 2.05) is 18.3 Å². The number of phenols is 1. The van der Waals surface area contributed by atoms with Gasteiger partial charge in [-0.2, -0.15) is 0 Å². The predicted octanol–water partition coefficient (Wildman–Crippen LogP) is 4.81. The molecule has 3 N–H and O–H groups in total. The van der Waals surface area contributed by atoms with Gasteiger partial charge in [0.1, 0.15) is 5.75 Å². The number of nitrogens with one attached hydrogen (secondary N) is 2. The van der Waals surface area contributed by atoms with Gasteiger partial charge < -0.3 is 5.11 Å². The van der Waals surface area contributed by atoms with Crippen LogP contribution in [0.2, 0.25) is 5.02 Å². The molecule has 0 saturated carbocycles. The lowest BCUT2D eigenvalue weighted by Crippen LogP contribution is -2.29. The van der Waals surface area contributed by atoms with E-state index < -0.39 is 0 Å². The second kappa shape index (κ2) is 10.4. The van der Waals surface area contributed by atoms with Crippen molar-refractivity contribution in [1.29, 1.82) is 0 Å². The number of aromatic nitrogens is 2. The molecule has 1 heterocycles. The molecule has 3 aromatic rings. The second-order valence-electron chi connectivity index (χ2n) is 7.64. The standard InChI is InChI=1S/C24H29ClN4O/c1-4-29(17(2)3)16-19-6-5-7-20(14-19)22-11-13-27-24(28-22)26-12-10-18-8-9-23(30)21(25)15-18/h5-9,11,13-15,17,30H,4,10,12,16H2,1-3H3,(H,26,27,28)/p+1. The Morgan fingerprint density at radius 3 is 2.70 bits per heavy atom. The summed E-state index contributed by atoms with van der Waals surface area (Å²) in [5.74, 6) is 0.828. The summed E-state index contributed by atoms with van der Waals surface area (Å²) in [5.41, 5.74) is 4.38. The minimum absolute atomic E-state index is 0.105. The highest BCUT2D eigenvalue weighted by Gasteiger charge is 2.12. The van der Waals surface area contributed by atoms with Crippen LogP contribution in [0.1, 0.15) is 31.9 Å². The Labute approximate surface area is 183 Å². The van der Waals surface area contributed by atoms with Gasteiger partial charge in [0.15, 0.2) is 5.69 Å². The van der Waals surface area contributed by atoms with Crippen LogP contribution < -0.4 is 10.3 Å². The average molecular weight is 426 g/mol. The lowest BCUT2D eigenvalue weighted by molar-refractivity contribution is -0.365. The molecule has 0 aliphatic heterocycles. The van der Waals surface area contributed by atoms with Crippen LogP contribution in [0, 0.1) is 0 Å². The summed E-state index contributed by atoms with van der Waals surface area (Å²) in [7, 11) is 0. The normalized spacial score (nSPS) is 11.3. The Bertz CT molecular complexity index is 977. The van der Waals surface area contributed by atoms with Gasteiger partial charge in [-0.1, -0.05) is 47.8 Å². The maximum Gasteiger partial charge on any atom is 0.389 e. The molecular weight excluding hydrogens is 396 g/mol. The zero-order valence-electron chi connectivity index (χ0n) is 17.8. The number of halogens is 1. The topological polar surface area (TPSA) is 62.5 Å². The van der Waals surface area contributed by atoms with Gasteiger partial charge in [-0.3, -0.25) is 10.2 Å². The summed E-state index contributed by atoms with van der Waals surface area (Å²) in [6.45, 7) is 9.32. The van der Waals surface area contributed by atoms with Crippen LogP contribution in [0.3, 0.4) is 0 Å². The average Bonchev–Trinajstić information content (AvgIpc) is 2.75. The van der Waals surface area contributed by atoms with Gasteiger partial charge in [-0.05, 0) is 49.7 Å². The SMILES string of the molecule is CCN(Cc1cccc(-c2cc[nH+]c(NCCc3ccc(O)c(Cl)c3)n2)c1)C(C)C. The molecule has 158 valence electrons. The number of rotatable bonds is 9. The molecular formula is C24H30ClN4O+. The predicted molar refractivity (Wildman–Crippen MR) is 123 cm³/mol. The third kappa shape index (κ3) is 5.94. The molecule has 0 aliphatic rings. The molecule has 2 aromatic carbocycles. The molecule has 0 aliphatic carbocycles. The largest absolute Gasteiger partial charge is 0.506 e. The van der Waals surface area contributed by atoms with E-state index in [1.165, 1.54) is 5.56 Å². The number of benzene rings is 2. The van der Waals surface area contributed by atoms with Crippen molar-refractivity contribution < 1.29 is 10.1 Å². The zero-order valence-corrected chi connectivity index (χ0v) is 18.6. The number of anilines is 1. The van der Waals surface area contributed by atoms with Crippen LogP contribution in [-0.2, 0) is 13.0 Å². The van der Waals surface area contributed by atoms with Gasteiger partial charge in [-0.15, -0.1) is 0 Å². The summed E-state index contributed by atoms with van der Waals surface area (Å²) in [4.78, 5) is 10.3.